The van der Waals surface area contributed by atoms with Crippen LogP contribution in [0.5, 0.6) is 5.88 Å². The fourth-order valence-corrected chi connectivity index (χ4v) is 1.04. The number of aromatic nitrogens is 3. The molecule has 0 aliphatic rings. The van der Waals surface area contributed by atoms with Crippen LogP contribution in [0.15, 0.2) is 18.5 Å². The Morgan fingerprint density at radius 2 is 2.43 bits per heavy atom. The van der Waals surface area contributed by atoms with Crippen LogP contribution in [0, 0.1) is 10.1 Å². The van der Waals surface area contributed by atoms with Crippen LogP contribution < -0.4 is 4.74 Å². The molecular formula is C7H6N4O3. The van der Waals surface area contributed by atoms with E-state index in [1.54, 1.807) is 6.07 Å². The summed E-state index contributed by atoms with van der Waals surface area (Å²) in [5.74, 6) is 0.373. The average molecular weight is 194 g/mol. The van der Waals surface area contributed by atoms with Crippen molar-refractivity contribution in [1.29, 1.82) is 0 Å². The molecule has 0 aliphatic carbocycles. The van der Waals surface area contributed by atoms with Gasteiger partial charge in [-0.3, -0.25) is 10.1 Å². The highest BCUT2D eigenvalue weighted by Crippen LogP contribution is 2.14. The molecule has 0 radical (unpaired) electrons. The molecule has 2 rings (SSSR count). The van der Waals surface area contributed by atoms with Crippen LogP contribution in [0.1, 0.15) is 0 Å². The van der Waals surface area contributed by atoms with Gasteiger partial charge in [0, 0.05) is 6.07 Å². The Kier molecular flexibility index (Phi) is 1.77. The van der Waals surface area contributed by atoms with Crippen molar-refractivity contribution < 1.29 is 9.66 Å². The topological polar surface area (TPSA) is 82.6 Å². The van der Waals surface area contributed by atoms with E-state index in [1.165, 1.54) is 24.0 Å². The van der Waals surface area contributed by atoms with Crippen molar-refractivity contribution in [1.82, 2.24) is 14.6 Å². The molecule has 0 aromatic carbocycles. The molecule has 0 aliphatic heterocycles. The Labute approximate surface area is 78.1 Å². The summed E-state index contributed by atoms with van der Waals surface area (Å²) in [6.45, 7) is 0. The van der Waals surface area contributed by atoms with E-state index in [2.05, 4.69) is 10.1 Å². The smallest absolute Gasteiger partial charge is 0.305 e. The minimum atomic E-state index is -0.527. The van der Waals surface area contributed by atoms with E-state index in [4.69, 9.17) is 4.74 Å². The minimum absolute atomic E-state index is 0.108. The molecule has 2 aromatic heterocycles. The SMILES string of the molecule is COc1cc2ncc([N+](=O)[O-])cn2n1. The molecule has 0 unspecified atom stereocenters. The Bertz CT molecular complexity index is 493. The van der Waals surface area contributed by atoms with Gasteiger partial charge < -0.3 is 4.74 Å². The molecular weight excluding hydrogens is 188 g/mol. The maximum atomic E-state index is 10.4. The first kappa shape index (κ1) is 8.42. The Morgan fingerprint density at radius 3 is 3.07 bits per heavy atom. The highest BCUT2D eigenvalue weighted by molar-refractivity contribution is 5.43. The van der Waals surface area contributed by atoms with Gasteiger partial charge in [-0.1, -0.05) is 0 Å². The lowest BCUT2D eigenvalue weighted by Crippen LogP contribution is -1.95. The predicted octanol–water partition coefficient (Wildman–Crippen LogP) is 0.646. The van der Waals surface area contributed by atoms with Gasteiger partial charge >= 0.3 is 5.69 Å². The molecule has 0 bridgehead atoms. The van der Waals surface area contributed by atoms with Crippen LogP contribution in [0.4, 0.5) is 5.69 Å². The van der Waals surface area contributed by atoms with Gasteiger partial charge in [0.25, 0.3) is 0 Å². The fraction of sp³-hybridized carbons (Fsp3) is 0.143. The Morgan fingerprint density at radius 1 is 1.64 bits per heavy atom. The molecule has 2 heterocycles. The van der Waals surface area contributed by atoms with Crippen molar-refractivity contribution in [2.24, 2.45) is 0 Å². The number of nitrogens with zero attached hydrogens (tertiary/aromatic N) is 4. The number of rotatable bonds is 2. The monoisotopic (exact) mass is 194 g/mol. The molecule has 72 valence electrons. The van der Waals surface area contributed by atoms with E-state index < -0.39 is 4.92 Å². The van der Waals surface area contributed by atoms with Crippen molar-refractivity contribution in [2.75, 3.05) is 7.11 Å². The standard InChI is InChI=1S/C7H6N4O3/c1-14-7-2-6-8-3-5(11(12)13)4-10(6)9-7/h2-4H,1H3. The van der Waals surface area contributed by atoms with Gasteiger partial charge in [0.1, 0.15) is 12.4 Å². The summed E-state index contributed by atoms with van der Waals surface area (Å²) in [5, 5.41) is 14.3. The number of fused-ring (bicyclic) bond motifs is 1. The number of nitro groups is 1. The second-order valence-corrected chi connectivity index (χ2v) is 2.56. The van der Waals surface area contributed by atoms with Crippen LogP contribution in [0.2, 0.25) is 0 Å². The van der Waals surface area contributed by atoms with Crippen molar-refractivity contribution in [3.63, 3.8) is 0 Å². The van der Waals surface area contributed by atoms with Crippen LogP contribution in [-0.4, -0.2) is 26.6 Å². The lowest BCUT2D eigenvalue weighted by molar-refractivity contribution is -0.385. The molecule has 0 N–H and O–H groups in total. The quantitative estimate of drug-likeness (QED) is 0.517. The zero-order valence-electron chi connectivity index (χ0n) is 7.25. The predicted molar refractivity (Wildman–Crippen MR) is 46.2 cm³/mol. The first-order valence-electron chi connectivity index (χ1n) is 3.74. The number of ether oxygens (including phenoxy) is 1. The van der Waals surface area contributed by atoms with Gasteiger partial charge in [0.05, 0.1) is 12.0 Å². The fourth-order valence-electron chi connectivity index (χ4n) is 1.04. The first-order chi connectivity index (χ1) is 6.70. The highest BCUT2D eigenvalue weighted by Gasteiger charge is 2.09. The van der Waals surface area contributed by atoms with Gasteiger partial charge in [-0.25, -0.2) is 9.50 Å². The van der Waals surface area contributed by atoms with Crippen LogP contribution in [0.3, 0.4) is 0 Å². The zero-order valence-corrected chi connectivity index (χ0v) is 7.25. The third-order valence-electron chi connectivity index (χ3n) is 1.70. The van der Waals surface area contributed by atoms with E-state index in [-0.39, 0.29) is 5.69 Å². The summed E-state index contributed by atoms with van der Waals surface area (Å²) in [6, 6.07) is 1.59. The maximum absolute atomic E-state index is 10.4. The number of hydrogen-bond donors (Lipinski definition) is 0. The van der Waals surface area contributed by atoms with Crippen molar-refractivity contribution in [2.45, 2.75) is 0 Å². The third kappa shape index (κ3) is 1.24. The Hall–Kier alpha value is -2.18. The summed E-state index contributed by atoms with van der Waals surface area (Å²) in [6.07, 6.45) is 2.46. The summed E-state index contributed by atoms with van der Waals surface area (Å²) in [5.41, 5.74) is 0.399. The first-order valence-corrected chi connectivity index (χ1v) is 3.74. The maximum Gasteiger partial charge on any atom is 0.305 e. The molecule has 7 nitrogen and oxygen atoms in total. The van der Waals surface area contributed by atoms with E-state index in [1.807, 2.05) is 0 Å². The van der Waals surface area contributed by atoms with Gasteiger partial charge in [0.2, 0.25) is 5.88 Å². The molecule has 0 saturated carbocycles. The van der Waals surface area contributed by atoms with Gasteiger partial charge in [-0.15, -0.1) is 5.10 Å². The van der Waals surface area contributed by atoms with E-state index in [0.717, 1.165) is 0 Å². The number of hydrogen-bond acceptors (Lipinski definition) is 5. The average Bonchev–Trinajstić information content (AvgIpc) is 2.58. The molecule has 0 spiro atoms. The molecule has 0 atom stereocenters. The second kappa shape index (κ2) is 2.95. The summed E-state index contributed by atoms with van der Waals surface area (Å²) in [7, 11) is 1.47. The summed E-state index contributed by atoms with van der Waals surface area (Å²) >= 11 is 0. The van der Waals surface area contributed by atoms with Crippen molar-refractivity contribution in [3.05, 3.63) is 28.6 Å². The van der Waals surface area contributed by atoms with Crippen LogP contribution >= 0.6 is 0 Å². The molecule has 0 amide bonds. The van der Waals surface area contributed by atoms with E-state index in [9.17, 15) is 10.1 Å². The van der Waals surface area contributed by atoms with E-state index in [0.29, 0.717) is 11.5 Å². The molecule has 2 aromatic rings. The Balaban J connectivity index is 2.59. The van der Waals surface area contributed by atoms with Gasteiger partial charge in [-0.2, -0.15) is 0 Å². The molecule has 0 saturated heterocycles. The second-order valence-electron chi connectivity index (χ2n) is 2.56. The highest BCUT2D eigenvalue weighted by atomic mass is 16.6. The summed E-state index contributed by atoms with van der Waals surface area (Å²) < 4.78 is 6.16. The van der Waals surface area contributed by atoms with Crippen LogP contribution in [0.25, 0.3) is 5.65 Å². The summed E-state index contributed by atoms with van der Waals surface area (Å²) in [4.78, 5) is 13.7. The van der Waals surface area contributed by atoms with Gasteiger partial charge in [0.15, 0.2) is 5.65 Å². The number of methoxy groups -OCH3 is 1. The largest absolute Gasteiger partial charge is 0.480 e. The van der Waals surface area contributed by atoms with Gasteiger partial charge in [-0.05, 0) is 0 Å². The minimum Gasteiger partial charge on any atom is -0.480 e. The molecule has 0 fully saturated rings. The van der Waals surface area contributed by atoms with E-state index >= 15 is 0 Å². The molecule has 7 heteroatoms. The third-order valence-corrected chi connectivity index (χ3v) is 1.70. The zero-order chi connectivity index (χ0) is 10.1. The normalized spacial score (nSPS) is 10.4. The lowest BCUT2D eigenvalue weighted by Gasteiger charge is -1.91. The van der Waals surface area contributed by atoms with Crippen molar-refractivity contribution >= 4 is 11.3 Å². The van der Waals surface area contributed by atoms with Crippen LogP contribution in [-0.2, 0) is 0 Å². The molecule has 14 heavy (non-hydrogen) atoms. The van der Waals surface area contributed by atoms with Crippen molar-refractivity contribution in [3.8, 4) is 5.88 Å². The lowest BCUT2D eigenvalue weighted by atomic mass is 10.5.